The fourth-order valence-electron chi connectivity index (χ4n) is 4.02. The molecule has 2 fully saturated rings. The SMILES string of the molecule is Cc1[nH]c(C(=O)N[C@@H]2[C@@H]3CN(c4nc(-c5cccs5)c(C(=O)O)s4)C[C@@H]32)c(Cl)c1Cl. The Morgan fingerprint density at radius 2 is 2.03 bits per heavy atom. The Morgan fingerprint density at radius 3 is 2.60 bits per heavy atom. The van der Waals surface area contributed by atoms with Crippen molar-refractivity contribution in [3.8, 4) is 10.6 Å². The molecule has 3 aromatic rings. The van der Waals surface area contributed by atoms with E-state index >= 15 is 0 Å². The molecule has 5 rings (SSSR count). The number of anilines is 1. The van der Waals surface area contributed by atoms with Gasteiger partial charge in [0, 0.05) is 36.7 Å². The minimum atomic E-state index is -0.964. The smallest absolute Gasteiger partial charge is 0.348 e. The van der Waals surface area contributed by atoms with Crippen LogP contribution in [0.25, 0.3) is 10.6 Å². The molecule has 156 valence electrons. The normalized spacial score (nSPS) is 22.2. The molecule has 3 aromatic heterocycles. The van der Waals surface area contributed by atoms with Crippen molar-refractivity contribution < 1.29 is 14.7 Å². The molecular weight excluding hydrogens is 467 g/mol. The van der Waals surface area contributed by atoms with E-state index in [1.54, 1.807) is 6.92 Å². The van der Waals surface area contributed by atoms with Crippen molar-refractivity contribution in [1.82, 2.24) is 15.3 Å². The molecule has 2 aliphatic rings. The summed E-state index contributed by atoms with van der Waals surface area (Å²) >= 11 is 14.9. The third-order valence-electron chi connectivity index (χ3n) is 5.61. The largest absolute Gasteiger partial charge is 0.477 e. The number of amides is 1. The molecule has 1 amide bonds. The van der Waals surface area contributed by atoms with Gasteiger partial charge in [0.1, 0.15) is 16.3 Å². The number of piperidine rings is 1. The van der Waals surface area contributed by atoms with E-state index in [4.69, 9.17) is 23.2 Å². The minimum absolute atomic E-state index is 0.0721. The molecule has 0 spiro atoms. The van der Waals surface area contributed by atoms with E-state index in [0.29, 0.717) is 33.4 Å². The average Bonchev–Trinajstić information content (AvgIpc) is 3.29. The zero-order valence-electron chi connectivity index (χ0n) is 15.6. The van der Waals surface area contributed by atoms with E-state index < -0.39 is 5.97 Å². The molecule has 7 nitrogen and oxygen atoms in total. The van der Waals surface area contributed by atoms with Crippen LogP contribution in [0, 0.1) is 18.8 Å². The van der Waals surface area contributed by atoms with Crippen molar-refractivity contribution in [3.63, 3.8) is 0 Å². The number of nitrogens with one attached hydrogen (secondary N) is 2. The maximum absolute atomic E-state index is 12.5. The van der Waals surface area contributed by atoms with Gasteiger partial charge in [0.25, 0.3) is 5.91 Å². The van der Waals surface area contributed by atoms with E-state index in [1.807, 2.05) is 17.5 Å². The number of aromatic amines is 1. The molecule has 3 N–H and O–H groups in total. The highest BCUT2D eigenvalue weighted by Gasteiger charge is 2.57. The molecule has 0 aromatic carbocycles. The number of hydrogen-bond donors (Lipinski definition) is 3. The van der Waals surface area contributed by atoms with E-state index in [0.717, 1.165) is 18.0 Å². The summed E-state index contributed by atoms with van der Waals surface area (Å²) in [5.74, 6) is -0.611. The van der Waals surface area contributed by atoms with Crippen molar-refractivity contribution in [3.05, 3.63) is 43.8 Å². The lowest BCUT2D eigenvalue weighted by Gasteiger charge is -2.19. The molecule has 0 unspecified atom stereocenters. The van der Waals surface area contributed by atoms with Crippen LogP contribution in [0.3, 0.4) is 0 Å². The van der Waals surface area contributed by atoms with E-state index in [-0.39, 0.29) is 27.5 Å². The van der Waals surface area contributed by atoms with Gasteiger partial charge >= 0.3 is 5.97 Å². The molecule has 1 saturated carbocycles. The summed E-state index contributed by atoms with van der Waals surface area (Å²) in [6.45, 7) is 3.22. The molecule has 3 atom stereocenters. The second kappa shape index (κ2) is 7.26. The van der Waals surface area contributed by atoms with Gasteiger partial charge in [-0.15, -0.1) is 11.3 Å². The van der Waals surface area contributed by atoms with Crippen LogP contribution in [-0.4, -0.2) is 46.1 Å². The number of H-pyrrole nitrogens is 1. The van der Waals surface area contributed by atoms with Crippen molar-refractivity contribution in [1.29, 1.82) is 0 Å². The number of carboxylic acid groups (broad SMARTS) is 1. The maximum atomic E-state index is 12.5. The first-order chi connectivity index (χ1) is 14.3. The lowest BCUT2D eigenvalue weighted by atomic mass is 10.3. The summed E-state index contributed by atoms with van der Waals surface area (Å²) < 4.78 is 0. The van der Waals surface area contributed by atoms with Crippen molar-refractivity contribution in [2.75, 3.05) is 18.0 Å². The van der Waals surface area contributed by atoms with Crippen molar-refractivity contribution >= 4 is 62.9 Å². The number of nitrogens with zero attached hydrogens (tertiary/aromatic N) is 2. The van der Waals surface area contributed by atoms with Gasteiger partial charge in [0.15, 0.2) is 5.13 Å². The molecule has 11 heteroatoms. The Bertz CT molecular complexity index is 1150. The number of hydrogen-bond acceptors (Lipinski definition) is 6. The number of carbonyl (C=O) groups is 2. The summed E-state index contributed by atoms with van der Waals surface area (Å²) in [5, 5.41) is 15.8. The Morgan fingerprint density at radius 1 is 1.30 bits per heavy atom. The number of aromatic carboxylic acids is 1. The third-order valence-corrected chi connectivity index (χ3v) is 8.54. The van der Waals surface area contributed by atoms with Gasteiger partial charge in [0.05, 0.1) is 14.9 Å². The highest BCUT2D eigenvalue weighted by molar-refractivity contribution is 7.19. The Balaban J connectivity index is 1.27. The highest BCUT2D eigenvalue weighted by Crippen LogP contribution is 2.48. The number of carbonyl (C=O) groups excluding carboxylic acids is 1. The number of aromatic nitrogens is 2. The first-order valence-electron chi connectivity index (χ1n) is 9.22. The lowest BCUT2D eigenvalue weighted by molar-refractivity contribution is 0.0702. The quantitative estimate of drug-likeness (QED) is 0.501. The van der Waals surface area contributed by atoms with Crippen LogP contribution in [0.2, 0.25) is 10.0 Å². The number of halogens is 2. The minimum Gasteiger partial charge on any atom is -0.477 e. The summed E-state index contributed by atoms with van der Waals surface area (Å²) in [6.07, 6.45) is 0. The van der Waals surface area contributed by atoms with Gasteiger partial charge in [-0.05, 0) is 18.4 Å². The first kappa shape index (κ1) is 19.9. The number of fused-ring (bicyclic) bond motifs is 1. The zero-order valence-corrected chi connectivity index (χ0v) is 18.8. The van der Waals surface area contributed by atoms with Crippen LogP contribution in [0.4, 0.5) is 5.13 Å². The third kappa shape index (κ3) is 3.20. The topological polar surface area (TPSA) is 98.3 Å². The molecule has 1 aliphatic heterocycles. The van der Waals surface area contributed by atoms with E-state index in [9.17, 15) is 14.7 Å². The van der Waals surface area contributed by atoms with Crippen molar-refractivity contribution in [2.24, 2.45) is 11.8 Å². The van der Waals surface area contributed by atoms with Gasteiger partial charge in [0.2, 0.25) is 0 Å². The summed E-state index contributed by atoms with van der Waals surface area (Å²) in [7, 11) is 0. The number of rotatable bonds is 5. The molecule has 30 heavy (non-hydrogen) atoms. The fraction of sp³-hybridized carbons (Fsp3) is 0.316. The number of aryl methyl sites for hydroxylation is 1. The fourth-order valence-corrected chi connectivity index (χ4v) is 6.16. The number of thiazole rings is 1. The average molecular weight is 483 g/mol. The van der Waals surface area contributed by atoms with Crippen LogP contribution in [0.5, 0.6) is 0 Å². The molecule has 1 aliphatic carbocycles. The standard InChI is InChI=1S/C19H16Cl2N4O3S2/c1-7-11(20)12(21)15(22-7)17(26)23-13-8-5-25(6-9(8)13)19-24-14(10-3-2-4-29-10)16(30-19)18(27)28/h2-4,8-9,13,22H,5-6H2,1H3,(H,23,26)(H,27,28)/t8-,9+,13-. The number of thiophene rings is 1. The second-order valence-corrected chi connectivity index (χ2v) is 10.1. The number of carboxylic acids is 1. The lowest BCUT2D eigenvalue weighted by Crippen LogP contribution is -2.34. The second-order valence-electron chi connectivity index (χ2n) is 7.44. The summed E-state index contributed by atoms with van der Waals surface area (Å²) in [6, 6.07) is 3.83. The Hall–Kier alpha value is -2.07. The first-order valence-corrected chi connectivity index (χ1v) is 11.7. The zero-order chi connectivity index (χ0) is 21.2. The Labute approximate surface area is 189 Å². The predicted molar refractivity (Wildman–Crippen MR) is 118 cm³/mol. The van der Waals surface area contributed by atoms with Crippen LogP contribution in [-0.2, 0) is 0 Å². The molecular formula is C19H16Cl2N4O3S2. The molecule has 1 saturated heterocycles. The van der Waals surface area contributed by atoms with Crippen molar-refractivity contribution in [2.45, 2.75) is 13.0 Å². The monoisotopic (exact) mass is 482 g/mol. The van der Waals surface area contributed by atoms with Crippen LogP contribution >= 0.6 is 45.9 Å². The molecule has 0 bridgehead atoms. The molecule has 0 radical (unpaired) electrons. The highest BCUT2D eigenvalue weighted by atomic mass is 35.5. The van der Waals surface area contributed by atoms with Gasteiger partial charge in [-0.3, -0.25) is 4.79 Å². The maximum Gasteiger partial charge on any atom is 0.348 e. The van der Waals surface area contributed by atoms with E-state index in [1.165, 1.54) is 22.7 Å². The Kier molecular flexibility index (Phi) is 4.81. The van der Waals surface area contributed by atoms with Crippen LogP contribution in [0.1, 0.15) is 25.9 Å². The van der Waals surface area contributed by atoms with Gasteiger partial charge in [-0.2, -0.15) is 0 Å². The van der Waals surface area contributed by atoms with Gasteiger partial charge < -0.3 is 20.3 Å². The predicted octanol–water partition coefficient (Wildman–Crippen LogP) is 4.38. The van der Waals surface area contributed by atoms with Gasteiger partial charge in [-0.25, -0.2) is 9.78 Å². The van der Waals surface area contributed by atoms with Gasteiger partial charge in [-0.1, -0.05) is 40.6 Å². The summed E-state index contributed by atoms with van der Waals surface area (Å²) in [5.41, 5.74) is 1.47. The summed E-state index contributed by atoms with van der Waals surface area (Å²) in [4.78, 5) is 35.0. The van der Waals surface area contributed by atoms with Crippen LogP contribution < -0.4 is 10.2 Å². The van der Waals surface area contributed by atoms with E-state index in [2.05, 4.69) is 20.2 Å². The molecule has 4 heterocycles. The van der Waals surface area contributed by atoms with Crippen LogP contribution in [0.15, 0.2) is 17.5 Å².